The van der Waals surface area contributed by atoms with Crippen molar-refractivity contribution in [1.82, 2.24) is 10.2 Å². The summed E-state index contributed by atoms with van der Waals surface area (Å²) < 4.78 is 5.67. The zero-order chi connectivity index (χ0) is 23.3. The van der Waals surface area contributed by atoms with Crippen molar-refractivity contribution in [1.29, 1.82) is 0 Å². The Morgan fingerprint density at radius 3 is 2.23 bits per heavy atom. The van der Waals surface area contributed by atoms with Gasteiger partial charge in [0.05, 0.1) is 0 Å². The summed E-state index contributed by atoms with van der Waals surface area (Å²) in [6, 6.07) is 9.49. The van der Waals surface area contributed by atoms with Gasteiger partial charge in [0.2, 0.25) is 5.91 Å². The van der Waals surface area contributed by atoms with Crippen molar-refractivity contribution < 1.29 is 14.3 Å². The summed E-state index contributed by atoms with van der Waals surface area (Å²) in [4.78, 5) is 27.3. The predicted molar refractivity (Wildman–Crippen MR) is 126 cm³/mol. The van der Waals surface area contributed by atoms with Crippen molar-refractivity contribution in [2.24, 2.45) is 0 Å². The lowest BCUT2D eigenvalue weighted by Gasteiger charge is -2.31. The monoisotopic (exact) mass is 484 g/mol. The first-order chi connectivity index (χ1) is 14.4. The van der Waals surface area contributed by atoms with Crippen LogP contribution in [0.15, 0.2) is 36.4 Å². The molecule has 0 bridgehead atoms. The molecule has 0 saturated carbocycles. The highest BCUT2D eigenvalue weighted by molar-refractivity contribution is 6.36. The first kappa shape index (κ1) is 25.3. The number of hydrogen-bond acceptors (Lipinski definition) is 3. The maximum Gasteiger partial charge on any atom is 0.261 e. The number of ether oxygens (including phenoxy) is 1. The van der Waals surface area contributed by atoms with Crippen molar-refractivity contribution in [3.63, 3.8) is 0 Å². The molecule has 2 aromatic rings. The molecule has 0 aliphatic rings. The van der Waals surface area contributed by atoms with E-state index in [2.05, 4.69) is 5.32 Å². The van der Waals surface area contributed by atoms with E-state index in [9.17, 15) is 9.59 Å². The van der Waals surface area contributed by atoms with Gasteiger partial charge >= 0.3 is 0 Å². The maximum absolute atomic E-state index is 13.1. The van der Waals surface area contributed by atoms with E-state index in [1.54, 1.807) is 43.3 Å². The molecule has 0 spiro atoms. The second-order valence-corrected chi connectivity index (χ2v) is 9.56. The molecular weight excluding hydrogens is 459 g/mol. The Balaban J connectivity index is 2.25. The first-order valence-electron chi connectivity index (χ1n) is 9.82. The van der Waals surface area contributed by atoms with Crippen LogP contribution >= 0.6 is 34.8 Å². The van der Waals surface area contributed by atoms with Gasteiger partial charge in [-0.15, -0.1) is 0 Å². The van der Waals surface area contributed by atoms with Crippen LogP contribution in [0, 0.1) is 6.92 Å². The number of carbonyl (C=O) groups is 2. The van der Waals surface area contributed by atoms with E-state index in [1.165, 1.54) is 4.90 Å². The summed E-state index contributed by atoms with van der Waals surface area (Å²) in [7, 11) is 0. The molecule has 0 aromatic heterocycles. The molecule has 5 nitrogen and oxygen atoms in total. The lowest BCUT2D eigenvalue weighted by atomic mass is 10.1. The maximum atomic E-state index is 13.1. The Kier molecular flexibility index (Phi) is 8.64. The fraction of sp³-hybridized carbons (Fsp3) is 0.391. The van der Waals surface area contributed by atoms with Gasteiger partial charge in [0, 0.05) is 32.7 Å². The number of rotatable bonds is 7. The van der Waals surface area contributed by atoms with E-state index in [4.69, 9.17) is 39.5 Å². The van der Waals surface area contributed by atoms with E-state index >= 15 is 0 Å². The number of halogens is 3. The largest absolute Gasteiger partial charge is 0.484 e. The fourth-order valence-corrected chi connectivity index (χ4v) is 3.48. The number of amides is 2. The quantitative estimate of drug-likeness (QED) is 0.550. The molecule has 0 heterocycles. The van der Waals surface area contributed by atoms with Gasteiger partial charge < -0.3 is 15.0 Å². The molecule has 1 unspecified atom stereocenters. The molecule has 2 rings (SSSR count). The molecule has 1 N–H and O–H groups in total. The molecule has 0 aliphatic carbocycles. The van der Waals surface area contributed by atoms with Gasteiger partial charge in [0.1, 0.15) is 11.8 Å². The summed E-state index contributed by atoms with van der Waals surface area (Å²) in [5, 5.41) is 4.35. The normalized spacial score (nSPS) is 12.3. The predicted octanol–water partition coefficient (Wildman–Crippen LogP) is 5.67. The highest BCUT2D eigenvalue weighted by atomic mass is 35.5. The van der Waals surface area contributed by atoms with Gasteiger partial charge in [-0.2, -0.15) is 0 Å². The summed E-state index contributed by atoms with van der Waals surface area (Å²) in [6.45, 7) is 8.95. The Morgan fingerprint density at radius 1 is 1.06 bits per heavy atom. The van der Waals surface area contributed by atoms with Crippen LogP contribution in [-0.4, -0.2) is 34.9 Å². The Bertz CT molecular complexity index is 937. The van der Waals surface area contributed by atoms with Gasteiger partial charge in [-0.05, 0) is 70.5 Å². The minimum absolute atomic E-state index is 0.0685. The second-order valence-electron chi connectivity index (χ2n) is 8.34. The first-order valence-corrected chi connectivity index (χ1v) is 11.0. The summed E-state index contributed by atoms with van der Waals surface area (Å²) in [5.41, 5.74) is 0.959. The minimum Gasteiger partial charge on any atom is -0.484 e. The van der Waals surface area contributed by atoms with Gasteiger partial charge in [-0.3, -0.25) is 9.59 Å². The molecule has 2 aromatic carbocycles. The van der Waals surface area contributed by atoms with Crippen LogP contribution in [0.2, 0.25) is 15.1 Å². The minimum atomic E-state index is -0.769. The number of aryl methyl sites for hydroxylation is 1. The standard InChI is InChI=1S/C23H27Cl3N2O3/c1-14-11-16(9-10-18(14)24)31-13-21(29)28(15(2)22(30)27-23(3,4)5)12-17-19(25)7-6-8-20(17)26/h6-11,15H,12-13H2,1-5H3,(H,27,30). The van der Waals surface area contributed by atoms with Crippen molar-refractivity contribution in [2.75, 3.05) is 6.61 Å². The van der Waals surface area contributed by atoms with Crippen molar-refractivity contribution in [2.45, 2.75) is 52.7 Å². The van der Waals surface area contributed by atoms with Crippen LogP contribution < -0.4 is 10.1 Å². The zero-order valence-corrected chi connectivity index (χ0v) is 20.5. The summed E-state index contributed by atoms with van der Waals surface area (Å²) >= 11 is 18.7. The van der Waals surface area contributed by atoms with Crippen LogP contribution in [0.3, 0.4) is 0 Å². The van der Waals surface area contributed by atoms with E-state index in [-0.39, 0.29) is 25.0 Å². The van der Waals surface area contributed by atoms with E-state index in [1.807, 2.05) is 27.7 Å². The van der Waals surface area contributed by atoms with Crippen LogP contribution in [0.5, 0.6) is 5.75 Å². The molecule has 0 aliphatic heterocycles. The Hall–Kier alpha value is -1.95. The highest BCUT2D eigenvalue weighted by Crippen LogP contribution is 2.27. The molecule has 0 saturated heterocycles. The number of nitrogens with zero attached hydrogens (tertiary/aromatic N) is 1. The lowest BCUT2D eigenvalue weighted by Crippen LogP contribution is -2.53. The smallest absolute Gasteiger partial charge is 0.261 e. The number of benzene rings is 2. The van der Waals surface area contributed by atoms with E-state index in [0.29, 0.717) is 26.4 Å². The van der Waals surface area contributed by atoms with Gasteiger partial charge in [-0.25, -0.2) is 0 Å². The topological polar surface area (TPSA) is 58.6 Å². The number of nitrogens with one attached hydrogen (secondary N) is 1. The van der Waals surface area contributed by atoms with Crippen LogP contribution in [0.25, 0.3) is 0 Å². The zero-order valence-electron chi connectivity index (χ0n) is 18.3. The van der Waals surface area contributed by atoms with Crippen molar-refractivity contribution >= 4 is 46.6 Å². The molecule has 1 atom stereocenters. The highest BCUT2D eigenvalue weighted by Gasteiger charge is 2.29. The molecule has 168 valence electrons. The van der Waals surface area contributed by atoms with Crippen LogP contribution in [0.4, 0.5) is 0 Å². The van der Waals surface area contributed by atoms with Crippen molar-refractivity contribution in [3.8, 4) is 5.75 Å². The van der Waals surface area contributed by atoms with Crippen LogP contribution in [-0.2, 0) is 16.1 Å². The van der Waals surface area contributed by atoms with Gasteiger partial charge in [-0.1, -0.05) is 40.9 Å². The molecule has 2 amide bonds. The third kappa shape index (κ3) is 7.30. The summed E-state index contributed by atoms with van der Waals surface area (Å²) in [6.07, 6.45) is 0. The van der Waals surface area contributed by atoms with E-state index in [0.717, 1.165) is 5.56 Å². The number of carbonyl (C=O) groups excluding carboxylic acids is 2. The van der Waals surface area contributed by atoms with Crippen molar-refractivity contribution in [3.05, 3.63) is 62.6 Å². The molecule has 8 heteroatoms. The third-order valence-electron chi connectivity index (χ3n) is 4.55. The molecule has 0 radical (unpaired) electrons. The molecule has 0 fully saturated rings. The SMILES string of the molecule is Cc1cc(OCC(=O)N(Cc2c(Cl)cccc2Cl)C(C)C(=O)NC(C)(C)C)ccc1Cl. The van der Waals surface area contributed by atoms with Gasteiger partial charge in [0.15, 0.2) is 6.61 Å². The second kappa shape index (κ2) is 10.6. The third-order valence-corrected chi connectivity index (χ3v) is 5.68. The molecule has 31 heavy (non-hydrogen) atoms. The Labute approximate surface area is 198 Å². The summed E-state index contributed by atoms with van der Waals surface area (Å²) in [5.74, 6) is -0.149. The average molecular weight is 486 g/mol. The average Bonchev–Trinajstić information content (AvgIpc) is 2.66. The van der Waals surface area contributed by atoms with Crippen LogP contribution in [0.1, 0.15) is 38.8 Å². The number of hydrogen-bond donors (Lipinski definition) is 1. The molecular formula is C23H27Cl3N2O3. The van der Waals surface area contributed by atoms with Gasteiger partial charge in [0.25, 0.3) is 5.91 Å². The fourth-order valence-electron chi connectivity index (χ4n) is 2.85. The lowest BCUT2D eigenvalue weighted by molar-refractivity contribution is -0.142. The Morgan fingerprint density at radius 2 is 1.68 bits per heavy atom. The van der Waals surface area contributed by atoms with E-state index < -0.39 is 11.6 Å².